The molecule has 3 heterocycles. The van der Waals surface area contributed by atoms with E-state index in [4.69, 9.17) is 0 Å². The van der Waals surface area contributed by atoms with Crippen molar-refractivity contribution >= 4 is 78.5 Å². The Kier molecular flexibility index (Phi) is 9.21. The maximum Gasteiger partial charge on any atom is 0.179 e. The molecule has 0 saturated heterocycles. The molecule has 0 amide bonds. The summed E-state index contributed by atoms with van der Waals surface area (Å²) in [6, 6.07) is 87.3. The van der Waals surface area contributed by atoms with Crippen LogP contribution < -0.4 is 20.7 Å². The molecule has 0 spiro atoms. The number of para-hydroxylation sites is 5. The van der Waals surface area contributed by atoms with Crippen LogP contribution in [0.1, 0.15) is 11.1 Å². The lowest BCUT2D eigenvalue weighted by atomic mass is 10.1. The van der Waals surface area contributed by atoms with E-state index in [2.05, 4.69) is 270 Å². The number of nitrogens with zero attached hydrogens (tertiary/aromatic N) is 3. The molecule has 0 fully saturated rings. The van der Waals surface area contributed by atoms with Crippen LogP contribution in [-0.4, -0.2) is 21.8 Å². The average Bonchev–Trinajstić information content (AvgIpc) is 4.00. The third-order valence-electron chi connectivity index (χ3n) is 13.6. The Morgan fingerprint density at radius 3 is 1.31 bits per heavy atom. The minimum absolute atomic E-state index is 1.11. The summed E-state index contributed by atoms with van der Waals surface area (Å²) in [5.41, 5.74) is 12.7. The van der Waals surface area contributed by atoms with E-state index in [9.17, 15) is 0 Å². The number of fused-ring (bicyclic) bond motifs is 5. The molecule has 0 aliphatic rings. The van der Waals surface area contributed by atoms with Crippen LogP contribution in [0, 0.1) is 6.92 Å². The first-order valence-electron chi connectivity index (χ1n) is 22.4. The van der Waals surface area contributed by atoms with Gasteiger partial charge in [-0.15, -0.1) is 0 Å². The lowest BCUT2D eigenvalue weighted by Crippen LogP contribution is -2.74. The molecule has 0 bridgehead atoms. The van der Waals surface area contributed by atoms with E-state index in [1.54, 1.807) is 0 Å². The zero-order chi connectivity index (χ0) is 43.5. The zero-order valence-corrected chi connectivity index (χ0v) is 37.1. The van der Waals surface area contributed by atoms with Crippen molar-refractivity contribution in [3.8, 4) is 28.5 Å². The van der Waals surface area contributed by atoms with Gasteiger partial charge in [0.05, 0.1) is 33.5 Å². The van der Waals surface area contributed by atoms with Gasteiger partial charge in [0.1, 0.15) is 0 Å². The smallest absolute Gasteiger partial charge is 0.179 e. The molecule has 0 N–H and O–H groups in total. The van der Waals surface area contributed by atoms with Gasteiger partial charge in [-0.25, -0.2) is 0 Å². The van der Waals surface area contributed by atoms with Gasteiger partial charge in [-0.3, -0.25) is 0 Å². The molecule has 3 aromatic heterocycles. The van der Waals surface area contributed by atoms with Crippen LogP contribution in [0.4, 0.5) is 0 Å². The minimum Gasteiger partial charge on any atom is -0.309 e. The summed E-state index contributed by atoms with van der Waals surface area (Å²) < 4.78 is 7.35. The Hall–Kier alpha value is -8.18. The first-order chi connectivity index (χ1) is 32.2. The van der Waals surface area contributed by atoms with Crippen LogP contribution in [0.2, 0.25) is 0 Å². The van der Waals surface area contributed by atoms with Gasteiger partial charge in [0.2, 0.25) is 0 Å². The predicted molar refractivity (Wildman–Crippen MR) is 278 cm³/mol. The molecule has 0 atom stereocenters. The normalized spacial score (nSPS) is 11.8. The van der Waals surface area contributed by atoms with Crippen molar-refractivity contribution in [2.24, 2.45) is 0 Å². The molecule has 4 heteroatoms. The zero-order valence-electron chi connectivity index (χ0n) is 36.1. The van der Waals surface area contributed by atoms with Crippen LogP contribution in [0.5, 0.6) is 0 Å². The fourth-order valence-corrected chi connectivity index (χ4v) is 15.6. The summed E-state index contributed by atoms with van der Waals surface area (Å²) in [6.07, 6.45) is 2.05. The van der Waals surface area contributed by atoms with E-state index < -0.39 is 8.07 Å². The van der Waals surface area contributed by atoms with Crippen LogP contribution in [-0.2, 0) is 0 Å². The SMILES string of the molecule is C=Cc1c(-c2c(C)c3ccccc3n2-c2ccccc2)n(-c2cccc([Si](c3ccccc3)(c3ccccc3)c3ccc(-n4c5ccccc5c5ccccc54)cc3)c2)c2ccccc12. The van der Waals surface area contributed by atoms with Crippen molar-refractivity contribution < 1.29 is 0 Å². The summed E-state index contributed by atoms with van der Waals surface area (Å²) in [6.45, 7) is 6.75. The molecule has 0 radical (unpaired) electrons. The summed E-state index contributed by atoms with van der Waals surface area (Å²) >= 11 is 0. The molecule has 9 aromatic carbocycles. The Balaban J connectivity index is 1.14. The molecule has 0 aliphatic heterocycles. The first kappa shape index (κ1) is 38.5. The highest BCUT2D eigenvalue weighted by Crippen LogP contribution is 2.43. The van der Waals surface area contributed by atoms with E-state index >= 15 is 0 Å². The second-order valence-corrected chi connectivity index (χ2v) is 20.7. The van der Waals surface area contributed by atoms with Crippen LogP contribution in [0.15, 0.2) is 243 Å². The van der Waals surface area contributed by atoms with E-state index in [-0.39, 0.29) is 0 Å². The van der Waals surface area contributed by atoms with Gasteiger partial charge in [-0.2, -0.15) is 0 Å². The Labute approximate surface area is 380 Å². The number of hydrogen-bond acceptors (Lipinski definition) is 0. The van der Waals surface area contributed by atoms with E-state index in [1.807, 2.05) is 0 Å². The van der Waals surface area contributed by atoms with E-state index in [0.29, 0.717) is 0 Å². The van der Waals surface area contributed by atoms with Crippen molar-refractivity contribution in [1.82, 2.24) is 13.7 Å². The quantitative estimate of drug-likeness (QED) is 0.102. The number of rotatable bonds is 9. The molecule has 3 nitrogen and oxygen atoms in total. The Morgan fingerprint density at radius 2 is 0.738 bits per heavy atom. The lowest BCUT2D eigenvalue weighted by molar-refractivity contribution is 1.06. The van der Waals surface area contributed by atoms with Crippen molar-refractivity contribution in [3.63, 3.8) is 0 Å². The van der Waals surface area contributed by atoms with E-state index in [0.717, 1.165) is 39.5 Å². The Morgan fingerprint density at radius 1 is 0.338 bits per heavy atom. The molecule has 0 unspecified atom stereocenters. The number of aryl methyl sites for hydroxylation is 1. The maximum atomic E-state index is 4.48. The van der Waals surface area contributed by atoms with Gasteiger partial charge in [0.15, 0.2) is 8.07 Å². The van der Waals surface area contributed by atoms with Crippen molar-refractivity contribution in [1.29, 1.82) is 0 Å². The lowest BCUT2D eigenvalue weighted by Gasteiger charge is -2.35. The Bertz CT molecular complexity index is 3630. The summed E-state index contributed by atoms with van der Waals surface area (Å²) in [5.74, 6) is 0. The highest BCUT2D eigenvalue weighted by Gasteiger charge is 2.42. The molecule has 12 rings (SSSR count). The number of benzene rings is 9. The van der Waals surface area contributed by atoms with Crippen LogP contribution in [0.3, 0.4) is 0 Å². The fraction of sp³-hybridized carbons (Fsp3) is 0.0164. The topological polar surface area (TPSA) is 14.8 Å². The largest absolute Gasteiger partial charge is 0.309 e. The highest BCUT2D eigenvalue weighted by molar-refractivity contribution is 7.19. The number of hydrogen-bond donors (Lipinski definition) is 0. The minimum atomic E-state index is -2.99. The second-order valence-electron chi connectivity index (χ2n) is 16.9. The first-order valence-corrected chi connectivity index (χ1v) is 24.4. The average molecular weight is 848 g/mol. The molecule has 65 heavy (non-hydrogen) atoms. The van der Waals surface area contributed by atoms with Gasteiger partial charge in [0.25, 0.3) is 0 Å². The second kappa shape index (κ2) is 15.6. The van der Waals surface area contributed by atoms with Gasteiger partial charge in [0, 0.05) is 44.2 Å². The van der Waals surface area contributed by atoms with Gasteiger partial charge < -0.3 is 13.7 Å². The third-order valence-corrected chi connectivity index (χ3v) is 18.3. The number of aromatic nitrogens is 3. The molecule has 12 aromatic rings. The van der Waals surface area contributed by atoms with Crippen LogP contribution >= 0.6 is 0 Å². The van der Waals surface area contributed by atoms with Crippen LogP contribution in [0.25, 0.3) is 78.1 Å². The third kappa shape index (κ3) is 5.88. The fourth-order valence-electron chi connectivity index (χ4n) is 10.8. The maximum absolute atomic E-state index is 4.48. The molecular weight excluding hydrogens is 803 g/mol. The summed E-state index contributed by atoms with van der Waals surface area (Å²) in [5, 5.41) is 10.2. The van der Waals surface area contributed by atoms with E-state index in [1.165, 1.54) is 64.4 Å². The molecule has 0 aliphatic carbocycles. The standard InChI is InChI=1S/C61H45N3Si/c1-3-51-53-31-14-20-37-59(53)64(61(51)60-43(2)52-30-13-17-34-56(52)63(60)44-22-7-4-8-23-44)46-24-21-29-50(42-46)65(47-25-9-5-10-26-47,48-27-11-6-12-28-48)49-40-38-45(39-41-49)62-57-35-18-15-32-54(57)55-33-16-19-36-58(55)62/h3-42H,1H2,2H3. The molecular formula is C61H45N3Si. The monoisotopic (exact) mass is 847 g/mol. The highest BCUT2D eigenvalue weighted by atomic mass is 28.3. The summed E-state index contributed by atoms with van der Waals surface area (Å²) in [7, 11) is -2.99. The van der Waals surface area contributed by atoms with Crippen molar-refractivity contribution in [2.75, 3.05) is 0 Å². The van der Waals surface area contributed by atoms with Gasteiger partial charge in [-0.1, -0.05) is 189 Å². The molecule has 308 valence electrons. The van der Waals surface area contributed by atoms with Gasteiger partial charge in [-0.05, 0) is 93.9 Å². The van der Waals surface area contributed by atoms with Gasteiger partial charge >= 0.3 is 0 Å². The predicted octanol–water partition coefficient (Wildman–Crippen LogP) is 12.7. The van der Waals surface area contributed by atoms with Crippen molar-refractivity contribution in [3.05, 3.63) is 254 Å². The summed E-state index contributed by atoms with van der Waals surface area (Å²) in [4.78, 5) is 0. The van der Waals surface area contributed by atoms with Crippen molar-refractivity contribution in [2.45, 2.75) is 6.92 Å². The molecule has 0 saturated carbocycles.